The summed E-state index contributed by atoms with van der Waals surface area (Å²) in [7, 11) is 0. The van der Waals surface area contributed by atoms with Gasteiger partial charge < -0.3 is 9.59 Å². The quantitative estimate of drug-likeness (QED) is 0.209. The first kappa shape index (κ1) is 23.2. The lowest BCUT2D eigenvalue weighted by Gasteiger charge is -2.27. The fourth-order valence-corrected chi connectivity index (χ4v) is 6.14. The number of nitrogens with zero attached hydrogens (tertiary/aromatic N) is 2. The van der Waals surface area contributed by atoms with Gasteiger partial charge >= 0.3 is 0 Å². The van der Waals surface area contributed by atoms with E-state index in [2.05, 4.69) is 99.3 Å². The van der Waals surface area contributed by atoms with Gasteiger partial charge in [-0.05, 0) is 68.3 Å². The van der Waals surface area contributed by atoms with E-state index in [4.69, 9.17) is 4.98 Å². The van der Waals surface area contributed by atoms with Gasteiger partial charge in [-0.3, -0.25) is 4.90 Å². The zero-order valence-electron chi connectivity index (χ0n) is 20.4. The fourth-order valence-electron chi connectivity index (χ4n) is 4.73. The molecular weight excluding hydrogens is 452 g/mol. The highest BCUT2D eigenvalue weighted by atomic mass is 32.1. The summed E-state index contributed by atoms with van der Waals surface area (Å²) in [5.74, 6) is 0.288. The predicted molar refractivity (Wildman–Crippen MR) is 143 cm³/mol. The predicted octanol–water partition coefficient (Wildman–Crippen LogP) is 7.09. The molecule has 0 unspecified atom stereocenters. The molecule has 0 saturated carbocycles. The first-order valence-electron chi connectivity index (χ1n) is 11.8. The number of rotatable bonds is 7. The Morgan fingerprint density at radius 3 is 2.00 bits per heavy atom. The Hall–Kier alpha value is -3.57. The molecule has 2 heterocycles. The molecule has 0 aliphatic heterocycles. The van der Waals surface area contributed by atoms with Gasteiger partial charge in [-0.2, -0.15) is 0 Å². The number of aryl methyl sites for hydroxylation is 2. The number of hydrogen-bond acceptors (Lipinski definition) is 5. The first-order chi connectivity index (χ1) is 16.8. The maximum atomic E-state index is 11.2. The molecule has 0 saturated heterocycles. The molecule has 0 amide bonds. The lowest BCUT2D eigenvalue weighted by atomic mass is 9.86. The zero-order valence-corrected chi connectivity index (χ0v) is 21.2. The van der Waals surface area contributed by atoms with E-state index in [0.29, 0.717) is 6.42 Å². The van der Waals surface area contributed by atoms with Crippen LogP contribution in [-0.4, -0.2) is 17.6 Å². The third kappa shape index (κ3) is 4.10. The van der Waals surface area contributed by atoms with Crippen LogP contribution in [-0.2, 0) is 21.4 Å². The van der Waals surface area contributed by atoms with Crippen molar-refractivity contribution in [3.05, 3.63) is 94.0 Å². The molecule has 0 bridgehead atoms. The second-order valence-corrected chi connectivity index (χ2v) is 10.9. The van der Waals surface area contributed by atoms with Crippen molar-refractivity contribution < 1.29 is 9.59 Å². The monoisotopic (exact) mass is 480 g/mol. The van der Waals surface area contributed by atoms with Crippen molar-refractivity contribution in [1.82, 2.24) is 4.98 Å². The van der Waals surface area contributed by atoms with Crippen LogP contribution in [0.5, 0.6) is 0 Å². The third-order valence-corrected chi connectivity index (χ3v) is 7.96. The van der Waals surface area contributed by atoms with Crippen LogP contribution in [0.3, 0.4) is 0 Å². The summed E-state index contributed by atoms with van der Waals surface area (Å²) in [5.41, 5.74) is 7.67. The standard InChI is InChI=1S/C30H28N2O2S/c1-19-5-9-22(10-6-19)32(23-11-7-20(2)8-12-23)27-14-13-25-28-26(30(3,4)29(25)31-27)16-24(35-28)15-21(17-33)18-34/h5-14,16-18,21H,15H2,1-4H3. The minimum atomic E-state index is -0.588. The number of benzene rings is 2. The number of aldehydes is 2. The lowest BCUT2D eigenvalue weighted by Crippen LogP contribution is -2.19. The number of aromatic nitrogens is 1. The summed E-state index contributed by atoms with van der Waals surface area (Å²) in [6.07, 6.45) is 1.92. The molecular formula is C30H28N2O2S. The summed E-state index contributed by atoms with van der Waals surface area (Å²) >= 11 is 1.66. The Morgan fingerprint density at radius 1 is 0.886 bits per heavy atom. The largest absolute Gasteiger partial charge is 0.303 e. The van der Waals surface area contributed by atoms with E-state index >= 15 is 0 Å². The second kappa shape index (κ2) is 8.90. The minimum absolute atomic E-state index is 0.278. The molecule has 35 heavy (non-hydrogen) atoms. The molecule has 5 heteroatoms. The molecule has 4 aromatic rings. The smallest absolute Gasteiger partial charge is 0.137 e. The normalized spacial score (nSPS) is 13.4. The molecule has 2 aromatic carbocycles. The summed E-state index contributed by atoms with van der Waals surface area (Å²) < 4.78 is 0. The van der Waals surface area contributed by atoms with E-state index in [-0.39, 0.29) is 5.41 Å². The Balaban J connectivity index is 1.59. The molecule has 176 valence electrons. The van der Waals surface area contributed by atoms with Crippen molar-refractivity contribution in [2.45, 2.75) is 39.5 Å². The van der Waals surface area contributed by atoms with Crippen molar-refractivity contribution in [3.63, 3.8) is 0 Å². The van der Waals surface area contributed by atoms with Gasteiger partial charge in [-0.15, -0.1) is 11.3 Å². The van der Waals surface area contributed by atoms with Crippen LogP contribution in [0.15, 0.2) is 66.7 Å². The van der Waals surface area contributed by atoms with Crippen LogP contribution in [0.25, 0.3) is 10.4 Å². The Labute approximate surface area is 210 Å². The van der Waals surface area contributed by atoms with Crippen LogP contribution in [0, 0.1) is 19.8 Å². The first-order valence-corrected chi connectivity index (χ1v) is 12.6. The second-order valence-electron chi connectivity index (χ2n) is 9.79. The molecule has 0 N–H and O–H groups in total. The number of pyridine rings is 1. The van der Waals surface area contributed by atoms with Gasteiger partial charge in [0.25, 0.3) is 0 Å². The Bertz CT molecular complexity index is 1350. The van der Waals surface area contributed by atoms with Crippen LogP contribution >= 0.6 is 11.3 Å². The van der Waals surface area contributed by atoms with Gasteiger partial charge in [0.15, 0.2) is 0 Å². The van der Waals surface area contributed by atoms with E-state index in [1.807, 2.05) is 0 Å². The summed E-state index contributed by atoms with van der Waals surface area (Å²) in [6, 6.07) is 23.4. The van der Waals surface area contributed by atoms with Crippen molar-refractivity contribution in [1.29, 1.82) is 0 Å². The molecule has 4 nitrogen and oxygen atoms in total. The van der Waals surface area contributed by atoms with E-state index in [1.54, 1.807) is 11.3 Å². The topological polar surface area (TPSA) is 50.3 Å². The number of fused-ring (bicyclic) bond motifs is 3. The number of hydrogen-bond donors (Lipinski definition) is 0. The number of anilines is 3. The van der Waals surface area contributed by atoms with Crippen molar-refractivity contribution in [2.24, 2.45) is 5.92 Å². The lowest BCUT2D eigenvalue weighted by molar-refractivity contribution is -0.119. The van der Waals surface area contributed by atoms with Crippen LogP contribution in [0.2, 0.25) is 0 Å². The van der Waals surface area contributed by atoms with E-state index in [0.717, 1.165) is 45.9 Å². The van der Waals surface area contributed by atoms with Crippen LogP contribution in [0.1, 0.15) is 41.1 Å². The van der Waals surface area contributed by atoms with E-state index < -0.39 is 5.92 Å². The Morgan fingerprint density at radius 2 is 1.46 bits per heavy atom. The van der Waals surface area contributed by atoms with Gasteiger partial charge in [0, 0.05) is 32.1 Å². The maximum Gasteiger partial charge on any atom is 0.137 e. The highest BCUT2D eigenvalue weighted by Crippen LogP contribution is 2.52. The highest BCUT2D eigenvalue weighted by molar-refractivity contribution is 7.15. The molecule has 0 fully saturated rings. The number of carbonyl (C=O) groups excluding carboxylic acids is 2. The minimum Gasteiger partial charge on any atom is -0.303 e. The van der Waals surface area contributed by atoms with E-state index in [1.165, 1.54) is 21.6 Å². The van der Waals surface area contributed by atoms with Crippen molar-refractivity contribution in [3.8, 4) is 10.4 Å². The fraction of sp³-hybridized carbons (Fsp3) is 0.233. The molecule has 1 aliphatic carbocycles. The van der Waals surface area contributed by atoms with Gasteiger partial charge in [-0.25, -0.2) is 4.98 Å². The average molecular weight is 481 g/mol. The van der Waals surface area contributed by atoms with Gasteiger partial charge in [0.1, 0.15) is 18.4 Å². The Kier molecular flexibility index (Phi) is 5.89. The number of thiophene rings is 1. The number of carbonyl (C=O) groups is 2. The third-order valence-electron chi connectivity index (χ3n) is 6.77. The van der Waals surface area contributed by atoms with Crippen LogP contribution in [0.4, 0.5) is 17.2 Å². The molecule has 0 radical (unpaired) electrons. The summed E-state index contributed by atoms with van der Waals surface area (Å²) in [6.45, 7) is 8.58. The highest BCUT2D eigenvalue weighted by Gasteiger charge is 2.39. The SMILES string of the molecule is Cc1ccc(N(c2ccc(C)cc2)c2ccc3c(n2)C(C)(C)c2cc(CC(C=O)C=O)sc2-3)cc1. The van der Waals surface area contributed by atoms with Gasteiger partial charge in [-0.1, -0.05) is 49.2 Å². The van der Waals surface area contributed by atoms with Gasteiger partial charge in [0.05, 0.1) is 11.6 Å². The van der Waals surface area contributed by atoms with E-state index in [9.17, 15) is 9.59 Å². The van der Waals surface area contributed by atoms with Crippen LogP contribution < -0.4 is 4.90 Å². The average Bonchev–Trinajstić information content (AvgIpc) is 3.37. The molecule has 5 rings (SSSR count). The molecule has 2 aromatic heterocycles. The zero-order chi connectivity index (χ0) is 24.7. The molecule has 0 atom stereocenters. The van der Waals surface area contributed by atoms with Crippen molar-refractivity contribution in [2.75, 3.05) is 4.90 Å². The van der Waals surface area contributed by atoms with Gasteiger partial charge in [0.2, 0.25) is 0 Å². The summed E-state index contributed by atoms with van der Waals surface area (Å²) in [4.78, 5) is 32.0. The maximum absolute atomic E-state index is 11.2. The van der Waals surface area contributed by atoms with Crippen molar-refractivity contribution >= 4 is 41.1 Å². The molecule has 0 spiro atoms. The molecule has 1 aliphatic rings. The summed E-state index contributed by atoms with van der Waals surface area (Å²) in [5, 5.41) is 0.